The smallest absolute Gasteiger partial charge is 0.162 e. The van der Waals surface area contributed by atoms with E-state index in [1.54, 1.807) is 20.3 Å². The lowest BCUT2D eigenvalue weighted by molar-refractivity contribution is 0.354. The van der Waals surface area contributed by atoms with Crippen molar-refractivity contribution in [1.29, 1.82) is 0 Å². The maximum atomic E-state index is 6.35. The lowest BCUT2D eigenvalue weighted by atomic mass is 10.0. The number of benzene rings is 2. The third-order valence-corrected chi connectivity index (χ3v) is 4.98. The molecule has 0 aliphatic heterocycles. The highest BCUT2D eigenvalue weighted by Gasteiger charge is 2.18. The van der Waals surface area contributed by atoms with Gasteiger partial charge in [-0.1, -0.05) is 55.1 Å². The monoisotopic (exact) mass is 452 g/mol. The van der Waals surface area contributed by atoms with E-state index in [0.717, 1.165) is 15.6 Å². The molecule has 2 aromatic carbocycles. The normalized spacial score (nSPS) is 12.1. The molecule has 0 saturated heterocycles. The first-order chi connectivity index (χ1) is 9.96. The molecule has 0 heterocycles. The summed E-state index contributed by atoms with van der Waals surface area (Å²) in [6.45, 7) is 0. The summed E-state index contributed by atoms with van der Waals surface area (Å²) in [7, 11) is 3.17. The van der Waals surface area contributed by atoms with Crippen molar-refractivity contribution in [2.24, 2.45) is 0 Å². The van der Waals surface area contributed by atoms with Gasteiger partial charge in [-0.3, -0.25) is 0 Å². The first-order valence-corrected chi connectivity index (χ1v) is 8.44. The summed E-state index contributed by atoms with van der Waals surface area (Å²) in [6.07, 6.45) is 0. The van der Waals surface area contributed by atoms with Crippen molar-refractivity contribution < 1.29 is 9.47 Å². The van der Waals surface area contributed by atoms with Crippen molar-refractivity contribution in [2.45, 2.75) is 4.83 Å². The molecule has 0 saturated carbocycles. The van der Waals surface area contributed by atoms with Gasteiger partial charge in [0.25, 0.3) is 0 Å². The molecule has 0 amide bonds. The molecule has 0 radical (unpaired) electrons. The van der Waals surface area contributed by atoms with Crippen molar-refractivity contribution >= 4 is 55.1 Å². The molecule has 0 aliphatic rings. The number of halogens is 4. The second-order valence-electron chi connectivity index (χ2n) is 4.29. The van der Waals surface area contributed by atoms with Crippen molar-refractivity contribution in [3.8, 4) is 11.5 Å². The van der Waals surface area contributed by atoms with Gasteiger partial charge in [0.05, 0.1) is 19.0 Å². The molecule has 0 N–H and O–H groups in total. The maximum Gasteiger partial charge on any atom is 0.162 e. The van der Waals surface area contributed by atoms with E-state index in [4.69, 9.17) is 32.7 Å². The van der Waals surface area contributed by atoms with Crippen molar-refractivity contribution in [3.63, 3.8) is 0 Å². The molecule has 1 unspecified atom stereocenters. The average Bonchev–Trinajstić information content (AvgIpc) is 2.45. The molecule has 1 atom stereocenters. The molecule has 6 heteroatoms. The number of hydrogen-bond acceptors (Lipinski definition) is 2. The van der Waals surface area contributed by atoms with E-state index in [0.29, 0.717) is 21.5 Å². The average molecular weight is 455 g/mol. The van der Waals surface area contributed by atoms with Gasteiger partial charge in [-0.15, -0.1) is 0 Å². The van der Waals surface area contributed by atoms with Crippen molar-refractivity contribution in [3.05, 3.63) is 56.0 Å². The van der Waals surface area contributed by atoms with Gasteiger partial charge in [-0.05, 0) is 35.4 Å². The fraction of sp³-hybridized carbons (Fsp3) is 0.200. The Bertz CT molecular complexity index is 642. The van der Waals surface area contributed by atoms with Crippen LogP contribution in [0.2, 0.25) is 10.0 Å². The second-order valence-corrected chi connectivity index (χ2v) is 6.97. The lowest BCUT2D eigenvalue weighted by Gasteiger charge is -2.16. The van der Waals surface area contributed by atoms with Crippen LogP contribution >= 0.6 is 55.1 Å². The minimum atomic E-state index is -0.111. The Morgan fingerprint density at radius 2 is 1.57 bits per heavy atom. The van der Waals surface area contributed by atoms with Crippen molar-refractivity contribution in [2.75, 3.05) is 14.2 Å². The Balaban J connectivity index is 2.49. The molecule has 0 aliphatic carbocycles. The topological polar surface area (TPSA) is 18.5 Å². The van der Waals surface area contributed by atoms with Crippen LogP contribution < -0.4 is 9.47 Å². The molecule has 0 spiro atoms. The van der Waals surface area contributed by atoms with Gasteiger partial charge in [0.15, 0.2) is 11.5 Å². The Morgan fingerprint density at radius 3 is 2.14 bits per heavy atom. The molecule has 2 rings (SSSR count). The van der Waals surface area contributed by atoms with E-state index in [2.05, 4.69) is 31.9 Å². The van der Waals surface area contributed by atoms with Crippen LogP contribution in [-0.2, 0) is 0 Å². The number of methoxy groups -OCH3 is 2. The van der Waals surface area contributed by atoms with Crippen LogP contribution in [0.5, 0.6) is 11.5 Å². The van der Waals surface area contributed by atoms with Crippen LogP contribution in [0.25, 0.3) is 0 Å². The van der Waals surface area contributed by atoms with E-state index >= 15 is 0 Å². The predicted molar refractivity (Wildman–Crippen MR) is 94.5 cm³/mol. The van der Waals surface area contributed by atoms with Crippen molar-refractivity contribution in [1.82, 2.24) is 0 Å². The number of ether oxygens (including phenoxy) is 2. The van der Waals surface area contributed by atoms with Gasteiger partial charge in [-0.2, -0.15) is 0 Å². The van der Waals surface area contributed by atoms with Crippen LogP contribution in [0.3, 0.4) is 0 Å². The molecule has 2 aromatic rings. The number of hydrogen-bond donors (Lipinski definition) is 0. The molecule has 0 aromatic heterocycles. The fourth-order valence-corrected chi connectivity index (χ4v) is 3.89. The molecule has 0 bridgehead atoms. The van der Waals surface area contributed by atoms with E-state index in [1.165, 1.54) is 0 Å². The summed E-state index contributed by atoms with van der Waals surface area (Å²) in [6, 6.07) is 9.30. The molecule has 2 nitrogen and oxygen atoms in total. The van der Waals surface area contributed by atoms with Gasteiger partial charge >= 0.3 is 0 Å². The zero-order valence-corrected chi connectivity index (χ0v) is 16.0. The quantitative estimate of drug-likeness (QED) is 0.508. The van der Waals surface area contributed by atoms with E-state index in [-0.39, 0.29) is 4.83 Å². The second kappa shape index (κ2) is 7.23. The molecule has 0 fully saturated rings. The highest BCUT2D eigenvalue weighted by Crippen LogP contribution is 2.42. The van der Waals surface area contributed by atoms with Gasteiger partial charge in [0.2, 0.25) is 0 Å². The van der Waals surface area contributed by atoms with Crippen LogP contribution in [0.4, 0.5) is 0 Å². The summed E-state index contributed by atoms with van der Waals surface area (Å²) in [5.41, 5.74) is 1.87. The van der Waals surface area contributed by atoms with Gasteiger partial charge < -0.3 is 9.47 Å². The minimum absolute atomic E-state index is 0.111. The fourth-order valence-electron chi connectivity index (χ4n) is 1.97. The van der Waals surface area contributed by atoms with E-state index < -0.39 is 0 Å². The van der Waals surface area contributed by atoms with E-state index in [1.807, 2.05) is 24.3 Å². The summed E-state index contributed by atoms with van der Waals surface area (Å²) < 4.78 is 11.5. The van der Waals surface area contributed by atoms with Crippen LogP contribution in [-0.4, -0.2) is 14.2 Å². The Morgan fingerprint density at radius 1 is 0.952 bits per heavy atom. The van der Waals surface area contributed by atoms with E-state index in [9.17, 15) is 0 Å². The Labute approximate surface area is 150 Å². The SMILES string of the molecule is COc1cc(Cl)c(C(Br)c2cc(Cl)cc(Br)c2)cc1OC. The molecular weight excluding hydrogens is 443 g/mol. The lowest BCUT2D eigenvalue weighted by Crippen LogP contribution is -1.98. The number of rotatable bonds is 4. The Hall–Kier alpha value is -0.420. The van der Waals surface area contributed by atoms with Crippen LogP contribution in [0.1, 0.15) is 16.0 Å². The summed E-state index contributed by atoms with van der Waals surface area (Å²) in [5.74, 6) is 1.22. The van der Waals surface area contributed by atoms with Crippen LogP contribution in [0, 0.1) is 0 Å². The maximum absolute atomic E-state index is 6.35. The summed E-state index contributed by atoms with van der Waals surface area (Å²) in [4.78, 5) is -0.111. The summed E-state index contributed by atoms with van der Waals surface area (Å²) in [5, 5.41) is 1.24. The van der Waals surface area contributed by atoms with Gasteiger partial charge in [0, 0.05) is 20.6 Å². The number of alkyl halides is 1. The minimum Gasteiger partial charge on any atom is -0.493 e. The molecule has 112 valence electrons. The molecule has 21 heavy (non-hydrogen) atoms. The Kier molecular flexibility index (Phi) is 5.83. The standard InChI is InChI=1S/C15H12Br2Cl2O2/c1-20-13-6-11(12(19)7-14(13)21-2)15(17)8-3-9(16)5-10(18)4-8/h3-7,15H,1-2H3. The predicted octanol–water partition coefficient (Wildman–Crippen LogP) is 6.26. The highest BCUT2D eigenvalue weighted by molar-refractivity contribution is 9.10. The molecular formula is C15H12Br2Cl2O2. The third kappa shape index (κ3) is 3.86. The zero-order valence-electron chi connectivity index (χ0n) is 11.3. The largest absolute Gasteiger partial charge is 0.493 e. The highest BCUT2D eigenvalue weighted by atomic mass is 79.9. The summed E-state index contributed by atoms with van der Waals surface area (Å²) >= 11 is 19.6. The van der Waals surface area contributed by atoms with Gasteiger partial charge in [-0.25, -0.2) is 0 Å². The first-order valence-electron chi connectivity index (χ1n) is 5.97. The first kappa shape index (κ1) is 16.9. The zero-order chi connectivity index (χ0) is 15.6. The third-order valence-electron chi connectivity index (χ3n) is 2.95. The van der Waals surface area contributed by atoms with Gasteiger partial charge in [0.1, 0.15) is 0 Å². The van der Waals surface area contributed by atoms with Crippen LogP contribution in [0.15, 0.2) is 34.8 Å².